The van der Waals surface area contributed by atoms with Crippen molar-refractivity contribution in [1.29, 1.82) is 0 Å². The maximum atomic E-state index is 11.5. The van der Waals surface area contributed by atoms with Crippen LogP contribution in [0.25, 0.3) is 0 Å². The van der Waals surface area contributed by atoms with Crippen LogP contribution in [0.3, 0.4) is 0 Å². The third kappa shape index (κ3) is 21.2. The van der Waals surface area contributed by atoms with Crippen LogP contribution >= 0.6 is 0 Å². The number of esters is 3. The van der Waals surface area contributed by atoms with Crippen LogP contribution in [0, 0.1) is 0 Å². The quantitative estimate of drug-likeness (QED) is 0.125. The summed E-state index contributed by atoms with van der Waals surface area (Å²) >= 11 is 0. The fourth-order valence-corrected chi connectivity index (χ4v) is 3.53. The molecule has 0 saturated carbocycles. The van der Waals surface area contributed by atoms with E-state index < -0.39 is 42.1 Å². The Bertz CT molecular complexity index is 1440. The van der Waals surface area contributed by atoms with Gasteiger partial charge in [0, 0.05) is 19.3 Å². The monoisotopic (exact) mass is 670 g/mol. The lowest BCUT2D eigenvalue weighted by Crippen LogP contribution is -2.27. The molecule has 3 aromatic carbocycles. The molecular weight excluding hydrogens is 628 g/mol. The Morgan fingerprint density at radius 3 is 1.15 bits per heavy atom. The summed E-state index contributed by atoms with van der Waals surface area (Å²) < 4.78 is 14.3. The van der Waals surface area contributed by atoms with Crippen LogP contribution in [-0.4, -0.2) is 74.2 Å². The lowest BCUT2D eigenvalue weighted by molar-refractivity contribution is -0.166. The van der Waals surface area contributed by atoms with Crippen LogP contribution in [0.2, 0.25) is 0 Å². The summed E-state index contributed by atoms with van der Waals surface area (Å²) in [6.07, 6.45) is 1.89. The van der Waals surface area contributed by atoms with Crippen LogP contribution in [0.4, 0.5) is 0 Å². The van der Waals surface area contributed by atoms with E-state index in [-0.39, 0.29) is 43.1 Å². The predicted octanol–water partition coefficient (Wildman–Crippen LogP) is 4.57. The van der Waals surface area contributed by atoms with Crippen LogP contribution < -0.4 is 0 Å². The lowest BCUT2D eigenvalue weighted by Gasteiger charge is -2.19. The molecule has 5 N–H and O–H groups in total. The van der Waals surface area contributed by atoms with E-state index >= 15 is 0 Å². The van der Waals surface area contributed by atoms with E-state index in [0.29, 0.717) is 19.3 Å². The normalized spacial score (nSPS) is 10.2. The minimum absolute atomic E-state index is 0.123. The van der Waals surface area contributed by atoms with Crippen LogP contribution in [0.1, 0.15) is 56.7 Å². The van der Waals surface area contributed by atoms with Gasteiger partial charge in [-0.15, -0.1) is 0 Å². The van der Waals surface area contributed by atoms with Crippen molar-refractivity contribution in [3.05, 3.63) is 89.5 Å². The average molecular weight is 671 g/mol. The van der Waals surface area contributed by atoms with Gasteiger partial charge in [-0.25, -0.2) is 9.59 Å². The SMILES string of the molecule is CC(C)(C)OC(=O)COC(=O)CCc1ccc(O)cc1.O=C(O)CCc1ccc(O)cc1.O=C(O)COC(=O)CCc1ccc(O)cc1. The zero-order valence-electron chi connectivity index (χ0n) is 27.1. The number of phenols is 3. The maximum Gasteiger partial charge on any atom is 0.344 e. The fourth-order valence-electron chi connectivity index (χ4n) is 3.53. The van der Waals surface area contributed by atoms with Gasteiger partial charge < -0.3 is 39.7 Å². The molecule has 0 spiro atoms. The Morgan fingerprint density at radius 2 is 0.833 bits per heavy atom. The van der Waals surface area contributed by atoms with E-state index in [4.69, 9.17) is 35.0 Å². The summed E-state index contributed by atoms with van der Waals surface area (Å²) in [5.41, 5.74) is 2.13. The van der Waals surface area contributed by atoms with Crippen LogP contribution in [0.15, 0.2) is 72.8 Å². The van der Waals surface area contributed by atoms with Crippen molar-refractivity contribution in [2.45, 2.75) is 64.9 Å². The number of phenolic OH excluding ortho intramolecular Hbond substituents is 3. The molecule has 0 amide bonds. The highest BCUT2D eigenvalue weighted by Crippen LogP contribution is 2.13. The zero-order valence-corrected chi connectivity index (χ0v) is 27.1. The van der Waals surface area contributed by atoms with E-state index in [1.54, 1.807) is 81.4 Å². The molecule has 0 atom stereocenters. The summed E-state index contributed by atoms with van der Waals surface area (Å²) in [7, 11) is 0. The first kappa shape index (κ1) is 40.4. The highest BCUT2D eigenvalue weighted by molar-refractivity contribution is 5.77. The van der Waals surface area contributed by atoms with Gasteiger partial charge in [-0.05, 0) is 93.1 Å². The second-order valence-corrected chi connectivity index (χ2v) is 11.2. The Morgan fingerprint density at radius 1 is 0.500 bits per heavy atom. The lowest BCUT2D eigenvalue weighted by atomic mass is 10.1. The molecule has 0 aromatic heterocycles. The van der Waals surface area contributed by atoms with E-state index in [2.05, 4.69) is 4.74 Å². The van der Waals surface area contributed by atoms with Gasteiger partial charge >= 0.3 is 29.8 Å². The summed E-state index contributed by atoms with van der Waals surface area (Å²) in [6.45, 7) is 4.27. The molecule has 0 unspecified atom stereocenters. The molecule has 0 heterocycles. The van der Waals surface area contributed by atoms with E-state index in [1.165, 1.54) is 12.1 Å². The number of carboxylic acids is 2. The van der Waals surface area contributed by atoms with Crippen molar-refractivity contribution in [3.8, 4) is 17.2 Å². The van der Waals surface area contributed by atoms with Gasteiger partial charge in [0.15, 0.2) is 13.2 Å². The number of aliphatic carboxylic acids is 2. The molecule has 13 nitrogen and oxygen atoms in total. The zero-order chi connectivity index (χ0) is 36.1. The topological polar surface area (TPSA) is 214 Å². The van der Waals surface area contributed by atoms with Gasteiger partial charge in [0.2, 0.25) is 0 Å². The number of aryl methyl sites for hydroxylation is 3. The summed E-state index contributed by atoms with van der Waals surface area (Å²) in [4.78, 5) is 54.2. The van der Waals surface area contributed by atoms with Crippen molar-refractivity contribution < 1.29 is 63.7 Å². The molecule has 0 saturated heterocycles. The number of hydrogen-bond donors (Lipinski definition) is 5. The number of aromatic hydroxyl groups is 3. The number of ether oxygens (including phenoxy) is 3. The Hall–Kier alpha value is -5.59. The predicted molar refractivity (Wildman–Crippen MR) is 172 cm³/mol. The summed E-state index contributed by atoms with van der Waals surface area (Å²) in [5.74, 6) is -2.98. The highest BCUT2D eigenvalue weighted by atomic mass is 16.6. The smallest absolute Gasteiger partial charge is 0.344 e. The first-order valence-corrected chi connectivity index (χ1v) is 14.8. The van der Waals surface area contributed by atoms with Gasteiger partial charge in [0.05, 0.1) is 0 Å². The Kier molecular flexibility index (Phi) is 17.9. The summed E-state index contributed by atoms with van der Waals surface area (Å²) in [6, 6.07) is 19.6. The van der Waals surface area contributed by atoms with E-state index in [0.717, 1.165) is 16.7 Å². The second kappa shape index (κ2) is 21.3. The molecular formula is C35H42O13. The summed E-state index contributed by atoms with van der Waals surface area (Å²) in [5, 5.41) is 43.7. The molecule has 0 radical (unpaired) electrons. The van der Waals surface area contributed by atoms with Gasteiger partial charge in [0.1, 0.15) is 22.8 Å². The maximum absolute atomic E-state index is 11.5. The molecule has 0 fully saturated rings. The highest BCUT2D eigenvalue weighted by Gasteiger charge is 2.17. The van der Waals surface area contributed by atoms with Crippen molar-refractivity contribution in [2.75, 3.05) is 13.2 Å². The molecule has 0 aliphatic heterocycles. The first-order chi connectivity index (χ1) is 22.5. The van der Waals surface area contributed by atoms with Crippen molar-refractivity contribution in [3.63, 3.8) is 0 Å². The van der Waals surface area contributed by atoms with Crippen molar-refractivity contribution in [2.24, 2.45) is 0 Å². The molecule has 0 bridgehead atoms. The number of benzene rings is 3. The van der Waals surface area contributed by atoms with Gasteiger partial charge in [-0.3, -0.25) is 14.4 Å². The van der Waals surface area contributed by atoms with Crippen molar-refractivity contribution >= 4 is 29.8 Å². The number of carboxylic acid groups (broad SMARTS) is 2. The molecule has 260 valence electrons. The number of hydrogen-bond acceptors (Lipinski definition) is 11. The number of carbonyl (C=O) groups is 5. The molecule has 3 aromatic rings. The molecule has 0 aliphatic carbocycles. The third-order valence-corrected chi connectivity index (χ3v) is 5.80. The van der Waals surface area contributed by atoms with E-state index in [9.17, 15) is 24.0 Å². The molecule has 48 heavy (non-hydrogen) atoms. The minimum Gasteiger partial charge on any atom is -0.508 e. The minimum atomic E-state index is -1.17. The molecule has 3 rings (SSSR count). The first-order valence-electron chi connectivity index (χ1n) is 14.8. The average Bonchev–Trinajstić information content (AvgIpc) is 3.02. The Labute approximate surface area is 278 Å². The Balaban J connectivity index is 0.000000371. The largest absolute Gasteiger partial charge is 0.508 e. The number of rotatable bonds is 13. The van der Waals surface area contributed by atoms with Crippen molar-refractivity contribution in [1.82, 2.24) is 0 Å². The van der Waals surface area contributed by atoms with Gasteiger partial charge in [-0.2, -0.15) is 0 Å². The van der Waals surface area contributed by atoms with Gasteiger partial charge in [-0.1, -0.05) is 36.4 Å². The third-order valence-electron chi connectivity index (χ3n) is 5.80. The standard InChI is InChI=1S/C15H20O5.C11H12O5.C9H10O3/c1-15(2,3)20-14(18)10-19-13(17)9-6-11-4-7-12(16)8-5-11;12-9-4-1-8(2-5-9)3-6-11(15)16-7-10(13)14;10-8-4-1-7(2-5-8)3-6-9(11)12/h4-5,7-8,16H,6,9-10H2,1-3H3;1-2,4-5,12H,3,6-7H2,(H,13,14);1-2,4-5,10H,3,6H2,(H,11,12). The van der Waals surface area contributed by atoms with Crippen LogP contribution in [0.5, 0.6) is 17.2 Å². The van der Waals surface area contributed by atoms with E-state index in [1.807, 2.05) is 0 Å². The van der Waals surface area contributed by atoms with Gasteiger partial charge in [0.25, 0.3) is 0 Å². The fraction of sp³-hybridized carbons (Fsp3) is 0.343. The molecule has 13 heteroatoms. The molecule has 0 aliphatic rings. The van der Waals surface area contributed by atoms with Crippen LogP contribution in [-0.2, 0) is 57.4 Å². The number of carbonyl (C=O) groups excluding carboxylic acids is 3. The second-order valence-electron chi connectivity index (χ2n) is 11.2.